The van der Waals surface area contributed by atoms with Gasteiger partial charge in [0.05, 0.1) is 11.2 Å². The third-order valence-corrected chi connectivity index (χ3v) is 4.54. The Morgan fingerprint density at radius 1 is 1.09 bits per heavy atom. The number of hydrogen-bond donors (Lipinski definition) is 0. The first-order valence-electron chi connectivity index (χ1n) is 7.76. The highest BCUT2D eigenvalue weighted by Gasteiger charge is 2.53. The molecule has 0 atom stereocenters. The van der Waals surface area contributed by atoms with Crippen molar-refractivity contribution in [2.45, 2.75) is 65.1 Å². The lowest BCUT2D eigenvalue weighted by Gasteiger charge is -2.32. The predicted octanol–water partition coefficient (Wildman–Crippen LogP) is 4.93. The second-order valence-corrected chi connectivity index (χ2v) is 7.99. The van der Waals surface area contributed by atoms with Gasteiger partial charge in [-0.3, -0.25) is 0 Å². The van der Waals surface area contributed by atoms with Gasteiger partial charge < -0.3 is 9.31 Å². The Labute approximate surface area is 133 Å². The number of benzene rings is 1. The Bertz CT molecular complexity index is 569. The predicted molar refractivity (Wildman–Crippen MR) is 90.3 cm³/mol. The van der Waals surface area contributed by atoms with Gasteiger partial charge in [-0.1, -0.05) is 45.0 Å². The molecule has 0 radical (unpaired) electrons. The van der Waals surface area contributed by atoms with Crippen LogP contribution in [0.15, 0.2) is 30.0 Å². The molecule has 1 aliphatic heterocycles. The molecule has 2 rings (SSSR count). The standard InChI is InChI=1S/C18H26BFO2/c1-16(2,3)14-10-8-9-13(11-14)12-15(20)19-21-17(4,5)18(6,7)22-19/h8-12H,1-7H3. The minimum atomic E-state index is -0.941. The molecule has 0 N–H and O–H groups in total. The lowest BCUT2D eigenvalue weighted by molar-refractivity contribution is 0.00578. The normalized spacial score (nSPS) is 21.3. The summed E-state index contributed by atoms with van der Waals surface area (Å²) in [5.41, 5.74) is 0.559. The third-order valence-electron chi connectivity index (χ3n) is 4.54. The molecule has 2 nitrogen and oxygen atoms in total. The summed E-state index contributed by atoms with van der Waals surface area (Å²) < 4.78 is 26.0. The molecule has 0 unspecified atom stereocenters. The molecule has 1 heterocycles. The summed E-state index contributed by atoms with van der Waals surface area (Å²) in [6.45, 7) is 14.1. The van der Waals surface area contributed by atoms with Gasteiger partial charge in [0, 0.05) is 0 Å². The van der Waals surface area contributed by atoms with Crippen molar-refractivity contribution >= 4 is 13.2 Å². The van der Waals surface area contributed by atoms with E-state index in [4.69, 9.17) is 9.31 Å². The van der Waals surface area contributed by atoms with E-state index in [0.717, 1.165) is 5.56 Å². The fourth-order valence-electron chi connectivity index (χ4n) is 2.28. The zero-order valence-corrected chi connectivity index (χ0v) is 14.7. The molecule has 1 aromatic carbocycles. The maximum atomic E-state index is 14.5. The zero-order chi connectivity index (χ0) is 16.8. The molecule has 120 valence electrons. The summed E-state index contributed by atoms with van der Waals surface area (Å²) in [6, 6.07) is 7.90. The van der Waals surface area contributed by atoms with E-state index in [9.17, 15) is 4.39 Å². The van der Waals surface area contributed by atoms with Crippen molar-refractivity contribution in [2.75, 3.05) is 0 Å². The topological polar surface area (TPSA) is 18.5 Å². The van der Waals surface area contributed by atoms with Crippen LogP contribution in [0.1, 0.15) is 59.6 Å². The van der Waals surface area contributed by atoms with Gasteiger partial charge in [-0.25, -0.2) is 4.39 Å². The van der Waals surface area contributed by atoms with Gasteiger partial charge in [0.2, 0.25) is 0 Å². The van der Waals surface area contributed by atoms with E-state index in [1.807, 2.05) is 45.9 Å². The van der Waals surface area contributed by atoms with Crippen LogP contribution in [0.2, 0.25) is 0 Å². The van der Waals surface area contributed by atoms with E-state index in [1.54, 1.807) is 0 Å². The van der Waals surface area contributed by atoms with E-state index in [2.05, 4.69) is 26.8 Å². The summed E-state index contributed by atoms with van der Waals surface area (Å²) in [4.78, 5) is 0. The van der Waals surface area contributed by atoms with Crippen LogP contribution in [0.25, 0.3) is 6.08 Å². The van der Waals surface area contributed by atoms with Crippen LogP contribution in [-0.4, -0.2) is 18.3 Å². The van der Waals surface area contributed by atoms with Gasteiger partial charge in [-0.2, -0.15) is 0 Å². The van der Waals surface area contributed by atoms with Crippen LogP contribution < -0.4 is 0 Å². The molecule has 4 heteroatoms. The maximum Gasteiger partial charge on any atom is 0.525 e. The average Bonchev–Trinajstić information content (AvgIpc) is 2.58. The Morgan fingerprint density at radius 2 is 1.64 bits per heavy atom. The fraction of sp³-hybridized carbons (Fsp3) is 0.556. The highest BCUT2D eigenvalue weighted by atomic mass is 19.1. The van der Waals surface area contributed by atoms with Gasteiger partial charge in [-0.15, -0.1) is 0 Å². The van der Waals surface area contributed by atoms with Crippen molar-refractivity contribution in [1.82, 2.24) is 0 Å². The van der Waals surface area contributed by atoms with E-state index in [1.165, 1.54) is 11.6 Å². The summed E-state index contributed by atoms with van der Waals surface area (Å²) in [5.74, 6) is 0. The fourth-order valence-corrected chi connectivity index (χ4v) is 2.28. The van der Waals surface area contributed by atoms with Crippen molar-refractivity contribution in [3.63, 3.8) is 0 Å². The molecule has 0 amide bonds. The van der Waals surface area contributed by atoms with Crippen molar-refractivity contribution < 1.29 is 13.7 Å². The third kappa shape index (κ3) is 3.44. The van der Waals surface area contributed by atoms with E-state index in [0.29, 0.717) is 0 Å². The van der Waals surface area contributed by atoms with E-state index < -0.39 is 24.0 Å². The van der Waals surface area contributed by atoms with Crippen molar-refractivity contribution in [3.8, 4) is 0 Å². The molecular weight excluding hydrogens is 278 g/mol. The summed E-state index contributed by atoms with van der Waals surface area (Å²) in [7, 11) is -0.941. The van der Waals surface area contributed by atoms with Gasteiger partial charge in [0.15, 0.2) is 0 Å². The minimum Gasteiger partial charge on any atom is -0.398 e. The highest BCUT2D eigenvalue weighted by Crippen LogP contribution is 2.39. The quantitative estimate of drug-likeness (QED) is 0.722. The molecule has 1 saturated heterocycles. The number of rotatable bonds is 2. The van der Waals surface area contributed by atoms with Gasteiger partial charge in [0.1, 0.15) is 5.73 Å². The van der Waals surface area contributed by atoms with E-state index in [-0.39, 0.29) is 5.41 Å². The van der Waals surface area contributed by atoms with E-state index >= 15 is 0 Å². The first-order valence-corrected chi connectivity index (χ1v) is 7.76. The first-order chi connectivity index (χ1) is 9.92. The molecule has 0 saturated carbocycles. The monoisotopic (exact) mass is 304 g/mol. The summed E-state index contributed by atoms with van der Waals surface area (Å²) in [5, 5.41) is 0. The van der Waals surface area contributed by atoms with Crippen LogP contribution >= 0.6 is 0 Å². The van der Waals surface area contributed by atoms with Crippen LogP contribution in [0.3, 0.4) is 0 Å². The van der Waals surface area contributed by atoms with Crippen molar-refractivity contribution in [3.05, 3.63) is 41.1 Å². The minimum absolute atomic E-state index is 0.0324. The Balaban J connectivity index is 2.24. The maximum absolute atomic E-state index is 14.5. The SMILES string of the molecule is CC(C)(C)c1cccc(C=C(F)B2OC(C)(C)C(C)(C)O2)c1. The average molecular weight is 304 g/mol. The smallest absolute Gasteiger partial charge is 0.398 e. The molecule has 1 aliphatic rings. The van der Waals surface area contributed by atoms with Crippen molar-refractivity contribution in [1.29, 1.82) is 0 Å². The molecule has 22 heavy (non-hydrogen) atoms. The van der Waals surface area contributed by atoms with Crippen LogP contribution in [0, 0.1) is 0 Å². The van der Waals surface area contributed by atoms with Gasteiger partial charge in [0.25, 0.3) is 0 Å². The zero-order valence-electron chi connectivity index (χ0n) is 14.7. The second kappa shape index (κ2) is 5.50. The van der Waals surface area contributed by atoms with Crippen LogP contribution in [-0.2, 0) is 14.7 Å². The van der Waals surface area contributed by atoms with Crippen LogP contribution in [0.5, 0.6) is 0 Å². The molecule has 0 spiro atoms. The molecule has 1 aromatic rings. The van der Waals surface area contributed by atoms with Crippen LogP contribution in [0.4, 0.5) is 4.39 Å². The molecule has 0 bridgehead atoms. The first kappa shape index (κ1) is 17.2. The lowest BCUT2D eigenvalue weighted by atomic mass is 9.84. The van der Waals surface area contributed by atoms with Crippen molar-refractivity contribution in [2.24, 2.45) is 0 Å². The van der Waals surface area contributed by atoms with Gasteiger partial charge >= 0.3 is 7.12 Å². The van der Waals surface area contributed by atoms with Gasteiger partial charge in [-0.05, 0) is 50.3 Å². The molecular formula is C18H26BFO2. The second-order valence-electron chi connectivity index (χ2n) is 7.99. The number of hydrogen-bond acceptors (Lipinski definition) is 2. The lowest BCUT2D eigenvalue weighted by Crippen LogP contribution is -2.41. The Hall–Kier alpha value is -1.13. The Kier molecular flexibility index (Phi) is 4.31. The molecule has 1 fully saturated rings. The molecule has 0 aromatic heterocycles. The number of halogens is 1. The molecule has 0 aliphatic carbocycles. The highest BCUT2D eigenvalue weighted by molar-refractivity contribution is 6.54. The Morgan fingerprint density at radius 3 is 2.14 bits per heavy atom. The summed E-state index contributed by atoms with van der Waals surface area (Å²) >= 11 is 0. The largest absolute Gasteiger partial charge is 0.525 e. The summed E-state index contributed by atoms with van der Waals surface area (Å²) in [6.07, 6.45) is 1.50.